The fraction of sp³-hybridized carbons (Fsp3) is 0.381. The van der Waals surface area contributed by atoms with Gasteiger partial charge in [0.1, 0.15) is 7.05 Å². The van der Waals surface area contributed by atoms with Gasteiger partial charge >= 0.3 is 0 Å². The first-order chi connectivity index (χ1) is 12.1. The van der Waals surface area contributed by atoms with Crippen molar-refractivity contribution in [1.29, 1.82) is 0 Å². The monoisotopic (exact) mass is 338 g/mol. The molecule has 1 heterocycles. The number of nitrogens with one attached hydrogen (secondary N) is 1. The zero-order chi connectivity index (χ0) is 18.1. The molecule has 1 N–H and O–H groups in total. The van der Waals surface area contributed by atoms with E-state index in [1.807, 2.05) is 30.9 Å². The van der Waals surface area contributed by atoms with E-state index in [-0.39, 0.29) is 5.91 Å². The highest BCUT2D eigenvalue weighted by Crippen LogP contribution is 2.10. The fourth-order valence-electron chi connectivity index (χ4n) is 2.58. The first-order valence-corrected chi connectivity index (χ1v) is 8.99. The number of pyridine rings is 1. The third-order valence-electron chi connectivity index (χ3n) is 4.26. The molecule has 0 aliphatic rings. The smallest absolute Gasteiger partial charge is 0.267 e. The summed E-state index contributed by atoms with van der Waals surface area (Å²) in [7, 11) is 1.91. The van der Waals surface area contributed by atoms with Gasteiger partial charge in [-0.15, -0.1) is 0 Å². The highest BCUT2D eigenvalue weighted by atomic mass is 16.2. The van der Waals surface area contributed by atoms with E-state index in [0.29, 0.717) is 5.56 Å². The number of hydrogen-bond acceptors (Lipinski definition) is 2. The van der Waals surface area contributed by atoms with Crippen molar-refractivity contribution in [2.45, 2.75) is 46.0 Å². The molecule has 0 aliphatic carbocycles. The van der Waals surface area contributed by atoms with Crippen molar-refractivity contribution in [2.75, 3.05) is 0 Å². The van der Waals surface area contributed by atoms with Gasteiger partial charge in [-0.25, -0.2) is 9.99 Å². The van der Waals surface area contributed by atoms with Crippen LogP contribution in [0.2, 0.25) is 0 Å². The van der Waals surface area contributed by atoms with E-state index in [0.717, 1.165) is 17.7 Å². The van der Waals surface area contributed by atoms with Gasteiger partial charge in [0.25, 0.3) is 5.91 Å². The molecule has 1 amide bonds. The lowest BCUT2D eigenvalue weighted by atomic mass is 10.0. The van der Waals surface area contributed by atoms with E-state index in [1.54, 1.807) is 12.1 Å². The first-order valence-electron chi connectivity index (χ1n) is 8.99. The van der Waals surface area contributed by atoms with Gasteiger partial charge < -0.3 is 0 Å². The van der Waals surface area contributed by atoms with Gasteiger partial charge in [-0.2, -0.15) is 5.10 Å². The quantitative estimate of drug-likeness (QED) is 0.338. The summed E-state index contributed by atoms with van der Waals surface area (Å²) in [6.07, 6.45) is 9.91. The molecular weight excluding hydrogens is 310 g/mol. The molecule has 0 atom stereocenters. The number of aryl methyl sites for hydroxylation is 2. The molecule has 0 aliphatic heterocycles. The number of hydrazone groups is 1. The molecule has 0 saturated heterocycles. The summed E-state index contributed by atoms with van der Waals surface area (Å²) in [6, 6.07) is 12.0. The molecular formula is C21H28N3O+. The summed E-state index contributed by atoms with van der Waals surface area (Å²) in [5.74, 6) is -0.201. The SMILES string of the molecule is CCCCCCc1ccc(/C(C)=N/NC(=O)c2cc[n+](C)cc2)cc1. The highest BCUT2D eigenvalue weighted by molar-refractivity contribution is 6.00. The largest absolute Gasteiger partial charge is 0.271 e. The van der Waals surface area contributed by atoms with Crippen molar-refractivity contribution in [1.82, 2.24) is 5.43 Å². The molecule has 4 heteroatoms. The van der Waals surface area contributed by atoms with Crippen LogP contribution in [0, 0.1) is 0 Å². The van der Waals surface area contributed by atoms with Crippen molar-refractivity contribution >= 4 is 11.6 Å². The van der Waals surface area contributed by atoms with E-state index in [2.05, 4.69) is 41.7 Å². The van der Waals surface area contributed by atoms with Crippen LogP contribution in [0.15, 0.2) is 53.9 Å². The van der Waals surface area contributed by atoms with Crippen LogP contribution in [-0.2, 0) is 13.5 Å². The minimum Gasteiger partial charge on any atom is -0.267 e. The average Bonchev–Trinajstić information content (AvgIpc) is 2.64. The van der Waals surface area contributed by atoms with Crippen LogP contribution in [0.5, 0.6) is 0 Å². The lowest BCUT2D eigenvalue weighted by Crippen LogP contribution is -2.27. The summed E-state index contributed by atoms with van der Waals surface area (Å²) in [5.41, 5.74) is 6.39. The molecule has 0 saturated carbocycles. The zero-order valence-corrected chi connectivity index (χ0v) is 15.5. The number of carbonyl (C=O) groups is 1. The predicted octanol–water partition coefficient (Wildman–Crippen LogP) is 3.79. The fourth-order valence-corrected chi connectivity index (χ4v) is 2.58. The topological polar surface area (TPSA) is 45.3 Å². The molecule has 0 bridgehead atoms. The number of hydrogen-bond donors (Lipinski definition) is 1. The summed E-state index contributed by atoms with van der Waals surface area (Å²) in [4.78, 5) is 12.1. The van der Waals surface area contributed by atoms with Gasteiger partial charge in [0.2, 0.25) is 0 Å². The maximum absolute atomic E-state index is 12.1. The molecule has 2 aromatic rings. The second-order valence-electron chi connectivity index (χ2n) is 6.40. The number of benzene rings is 1. The maximum atomic E-state index is 12.1. The van der Waals surface area contributed by atoms with Crippen LogP contribution in [-0.4, -0.2) is 11.6 Å². The molecule has 4 nitrogen and oxygen atoms in total. The van der Waals surface area contributed by atoms with E-state index >= 15 is 0 Å². The Morgan fingerprint density at radius 1 is 1.00 bits per heavy atom. The third-order valence-corrected chi connectivity index (χ3v) is 4.26. The number of amides is 1. The molecule has 25 heavy (non-hydrogen) atoms. The summed E-state index contributed by atoms with van der Waals surface area (Å²) < 4.78 is 1.88. The summed E-state index contributed by atoms with van der Waals surface area (Å²) in [6.45, 7) is 4.13. The maximum Gasteiger partial charge on any atom is 0.271 e. The van der Waals surface area contributed by atoms with Gasteiger partial charge in [0.15, 0.2) is 12.4 Å². The Labute approximate surface area is 150 Å². The number of aromatic nitrogens is 1. The Morgan fingerprint density at radius 2 is 1.68 bits per heavy atom. The second-order valence-corrected chi connectivity index (χ2v) is 6.40. The van der Waals surface area contributed by atoms with Crippen molar-refractivity contribution in [2.24, 2.45) is 12.1 Å². The van der Waals surface area contributed by atoms with Crippen molar-refractivity contribution in [3.8, 4) is 0 Å². The second kappa shape index (κ2) is 9.72. The Balaban J connectivity index is 1.90. The van der Waals surface area contributed by atoms with Crippen LogP contribution in [0.25, 0.3) is 0 Å². The highest BCUT2D eigenvalue weighted by Gasteiger charge is 2.06. The van der Waals surface area contributed by atoms with Gasteiger partial charge in [-0.3, -0.25) is 4.79 Å². The molecule has 132 valence electrons. The lowest BCUT2D eigenvalue weighted by molar-refractivity contribution is -0.671. The Morgan fingerprint density at radius 3 is 2.32 bits per heavy atom. The minimum absolute atomic E-state index is 0.201. The van der Waals surface area contributed by atoms with E-state index in [4.69, 9.17) is 0 Å². The van der Waals surface area contributed by atoms with Gasteiger partial charge in [0, 0.05) is 12.1 Å². The molecule has 2 rings (SSSR count). The molecule has 1 aromatic carbocycles. The number of nitrogens with zero attached hydrogens (tertiary/aromatic N) is 2. The normalized spacial score (nSPS) is 11.4. The van der Waals surface area contributed by atoms with Gasteiger partial charge in [-0.05, 0) is 30.9 Å². The van der Waals surface area contributed by atoms with Gasteiger partial charge in [0.05, 0.1) is 11.3 Å². The molecule has 0 spiro atoms. The first kappa shape index (κ1) is 18.8. The standard InChI is InChI=1S/C21H27N3O/c1-4-5-6-7-8-18-9-11-19(12-10-18)17(2)22-23-21(25)20-13-15-24(3)16-14-20/h9-16H,4-8H2,1-3H3/p+1. The number of carbonyl (C=O) groups excluding carboxylic acids is 1. The zero-order valence-electron chi connectivity index (χ0n) is 15.5. The van der Waals surface area contributed by atoms with Crippen molar-refractivity contribution in [3.05, 3.63) is 65.5 Å². The van der Waals surface area contributed by atoms with Crippen LogP contribution < -0.4 is 9.99 Å². The average molecular weight is 338 g/mol. The van der Waals surface area contributed by atoms with E-state index in [1.165, 1.54) is 31.2 Å². The Kier molecular flexibility index (Phi) is 7.33. The lowest BCUT2D eigenvalue weighted by Gasteiger charge is -2.05. The van der Waals surface area contributed by atoms with Crippen molar-refractivity contribution in [3.63, 3.8) is 0 Å². The summed E-state index contributed by atoms with van der Waals surface area (Å²) >= 11 is 0. The van der Waals surface area contributed by atoms with Crippen LogP contribution in [0.4, 0.5) is 0 Å². The van der Waals surface area contributed by atoms with Crippen LogP contribution >= 0.6 is 0 Å². The molecule has 0 radical (unpaired) electrons. The number of unbranched alkanes of at least 4 members (excludes halogenated alkanes) is 3. The minimum atomic E-state index is -0.201. The Bertz CT molecular complexity index is 703. The van der Waals surface area contributed by atoms with E-state index in [9.17, 15) is 4.79 Å². The predicted molar refractivity (Wildman–Crippen MR) is 102 cm³/mol. The van der Waals surface area contributed by atoms with Crippen molar-refractivity contribution < 1.29 is 9.36 Å². The van der Waals surface area contributed by atoms with Gasteiger partial charge in [-0.1, -0.05) is 50.5 Å². The van der Waals surface area contributed by atoms with Crippen LogP contribution in [0.3, 0.4) is 0 Å². The number of rotatable bonds is 8. The van der Waals surface area contributed by atoms with E-state index < -0.39 is 0 Å². The molecule has 0 fully saturated rings. The van der Waals surface area contributed by atoms with Crippen LogP contribution in [0.1, 0.15) is 61.0 Å². The Hall–Kier alpha value is -2.49. The molecule has 0 unspecified atom stereocenters. The summed E-state index contributed by atoms with van der Waals surface area (Å²) in [5, 5.41) is 4.22. The third kappa shape index (κ3) is 6.14. The molecule has 1 aromatic heterocycles.